The highest BCUT2D eigenvalue weighted by Gasteiger charge is 2.16. The second-order valence-electron chi connectivity index (χ2n) is 7.09. The summed E-state index contributed by atoms with van der Waals surface area (Å²) >= 11 is 0. The molecule has 7 heteroatoms. The Labute approximate surface area is 157 Å². The molecule has 2 rings (SSSR count). The van der Waals surface area contributed by atoms with Crippen LogP contribution in [0.1, 0.15) is 70.5 Å². The molecule has 0 aliphatic heterocycles. The van der Waals surface area contributed by atoms with E-state index in [1.165, 1.54) is 73.0 Å². The van der Waals surface area contributed by atoms with Gasteiger partial charge in [0.2, 0.25) is 0 Å². The molecule has 2 aromatic rings. The summed E-state index contributed by atoms with van der Waals surface area (Å²) in [4.78, 5) is 4.53. The number of hydrogen-bond acceptors (Lipinski definition) is 3. The third-order valence-electron chi connectivity index (χ3n) is 4.73. The Morgan fingerprint density at radius 3 is 2.15 bits per heavy atom. The summed E-state index contributed by atoms with van der Waals surface area (Å²) in [5.74, 6) is 12.7. The van der Waals surface area contributed by atoms with Crippen molar-refractivity contribution in [2.75, 3.05) is 11.7 Å². The van der Waals surface area contributed by atoms with Crippen molar-refractivity contribution in [3.8, 4) is 0 Å². The molecule has 144 valence electrons. The van der Waals surface area contributed by atoms with Gasteiger partial charge >= 0.3 is 19.0 Å². The van der Waals surface area contributed by atoms with E-state index < -0.39 is 0 Å². The molecule has 0 bridgehead atoms. The lowest BCUT2D eigenvalue weighted by molar-refractivity contribution is -0.913. The quantitative estimate of drug-likeness (QED) is 0.316. The highest BCUT2D eigenvalue weighted by Crippen LogP contribution is 2.11. The third-order valence-corrected chi connectivity index (χ3v) is 4.73. The SMILES string of the molecule is CCCCCCCCCCCc1nccn1CC[n+]1c[n+](N)c[n+](N)c1. The molecule has 0 aliphatic carbocycles. The van der Waals surface area contributed by atoms with Crippen molar-refractivity contribution >= 4 is 0 Å². The Balaban J connectivity index is 1.65. The van der Waals surface area contributed by atoms with Crippen LogP contribution in [0.5, 0.6) is 0 Å². The van der Waals surface area contributed by atoms with Gasteiger partial charge in [-0.3, -0.25) is 0 Å². The molecule has 0 radical (unpaired) electrons. The van der Waals surface area contributed by atoms with E-state index in [0.29, 0.717) is 0 Å². The maximum Gasteiger partial charge on any atom is 0.473 e. The summed E-state index contributed by atoms with van der Waals surface area (Å²) in [5, 5.41) is 0. The van der Waals surface area contributed by atoms with Crippen molar-refractivity contribution in [3.05, 3.63) is 37.2 Å². The van der Waals surface area contributed by atoms with Crippen LogP contribution in [0.15, 0.2) is 31.4 Å². The average Bonchev–Trinajstić information content (AvgIpc) is 3.05. The van der Waals surface area contributed by atoms with Crippen LogP contribution in [-0.4, -0.2) is 9.55 Å². The second-order valence-corrected chi connectivity index (χ2v) is 7.09. The van der Waals surface area contributed by atoms with Gasteiger partial charge in [-0.2, -0.15) is 11.7 Å². The summed E-state index contributed by atoms with van der Waals surface area (Å²) in [7, 11) is 0. The summed E-state index contributed by atoms with van der Waals surface area (Å²) in [6, 6.07) is 0. The smallest absolute Gasteiger partial charge is 0.329 e. The van der Waals surface area contributed by atoms with Crippen molar-refractivity contribution in [3.63, 3.8) is 0 Å². The number of nitrogens with zero attached hydrogens (tertiary/aromatic N) is 5. The van der Waals surface area contributed by atoms with Gasteiger partial charge in [-0.25, -0.2) is 4.98 Å². The minimum absolute atomic E-state index is 0.802. The molecule has 26 heavy (non-hydrogen) atoms. The summed E-state index contributed by atoms with van der Waals surface area (Å²) < 4.78 is 7.11. The zero-order valence-electron chi connectivity index (χ0n) is 16.3. The van der Waals surface area contributed by atoms with Crippen LogP contribution in [-0.2, 0) is 19.5 Å². The van der Waals surface area contributed by atoms with E-state index >= 15 is 0 Å². The first-order valence-electron chi connectivity index (χ1n) is 10.1. The summed E-state index contributed by atoms with van der Waals surface area (Å²) in [5.41, 5.74) is 0. The second kappa shape index (κ2) is 11.4. The van der Waals surface area contributed by atoms with E-state index in [1.54, 1.807) is 6.33 Å². The Kier molecular flexibility index (Phi) is 8.86. The number of nitrogen functional groups attached to an aromatic ring is 2. The van der Waals surface area contributed by atoms with E-state index in [4.69, 9.17) is 11.7 Å². The normalized spacial score (nSPS) is 11.1. The van der Waals surface area contributed by atoms with Gasteiger partial charge in [0, 0.05) is 28.2 Å². The van der Waals surface area contributed by atoms with Crippen LogP contribution in [0, 0.1) is 0 Å². The van der Waals surface area contributed by atoms with Gasteiger partial charge in [0.25, 0.3) is 0 Å². The fraction of sp³-hybridized carbons (Fsp3) is 0.684. The van der Waals surface area contributed by atoms with Crippen LogP contribution in [0.25, 0.3) is 0 Å². The first-order valence-corrected chi connectivity index (χ1v) is 10.1. The van der Waals surface area contributed by atoms with E-state index in [2.05, 4.69) is 22.7 Å². The third kappa shape index (κ3) is 7.37. The van der Waals surface area contributed by atoms with Gasteiger partial charge in [0.15, 0.2) is 6.54 Å². The molecule has 0 amide bonds. The van der Waals surface area contributed by atoms with Gasteiger partial charge in [0.1, 0.15) is 5.82 Å². The first-order chi connectivity index (χ1) is 12.7. The molecular formula is C19H36N7+3. The number of imidazole rings is 1. The van der Waals surface area contributed by atoms with Crippen molar-refractivity contribution in [2.24, 2.45) is 0 Å². The Morgan fingerprint density at radius 2 is 1.50 bits per heavy atom. The molecular weight excluding hydrogens is 326 g/mol. The standard InChI is InChI=1S/C19H36N7/c1-2-3-4-5-6-7-8-9-10-11-19-22-12-13-24(19)15-14-23-16-25(20)18-26(21)17-23/h12-13,16-18H,2-11,14-15,20-21H2,1H3/q+3. The largest absolute Gasteiger partial charge is 0.473 e. The van der Waals surface area contributed by atoms with Gasteiger partial charge in [-0.05, 0) is 6.42 Å². The van der Waals surface area contributed by atoms with Gasteiger partial charge < -0.3 is 4.57 Å². The van der Waals surface area contributed by atoms with E-state index in [9.17, 15) is 0 Å². The number of rotatable bonds is 13. The lowest BCUT2D eigenvalue weighted by Crippen LogP contribution is -2.65. The van der Waals surface area contributed by atoms with Gasteiger partial charge in [0.05, 0.1) is 6.54 Å². The molecule has 7 nitrogen and oxygen atoms in total. The molecule has 0 aliphatic rings. The summed E-state index contributed by atoms with van der Waals surface area (Å²) in [6.07, 6.45) is 22.4. The minimum Gasteiger partial charge on any atom is -0.329 e. The first kappa shape index (κ1) is 20.1. The van der Waals surface area contributed by atoms with Crippen LogP contribution in [0.4, 0.5) is 0 Å². The lowest BCUT2D eigenvalue weighted by Gasteiger charge is -2.05. The average molecular weight is 363 g/mol. The molecule has 0 unspecified atom stereocenters. The number of nitrogens with two attached hydrogens (primary N) is 2. The zero-order chi connectivity index (χ0) is 18.6. The number of unbranched alkanes of at least 4 members (excludes halogenated alkanes) is 8. The number of aromatic nitrogens is 5. The maximum absolute atomic E-state index is 5.75. The van der Waals surface area contributed by atoms with E-state index in [1.807, 2.05) is 23.4 Å². The Hall–Kier alpha value is -2.18. The highest BCUT2D eigenvalue weighted by atomic mass is 15.4. The molecule has 0 atom stereocenters. The van der Waals surface area contributed by atoms with Crippen molar-refractivity contribution in [2.45, 2.75) is 84.2 Å². The molecule has 0 saturated heterocycles. The molecule has 0 aromatic carbocycles. The van der Waals surface area contributed by atoms with Crippen LogP contribution < -0.4 is 25.6 Å². The van der Waals surface area contributed by atoms with Crippen LogP contribution in [0.2, 0.25) is 0 Å². The predicted molar refractivity (Wildman–Crippen MR) is 100 cm³/mol. The van der Waals surface area contributed by atoms with Crippen LogP contribution in [0.3, 0.4) is 0 Å². The van der Waals surface area contributed by atoms with Gasteiger partial charge in [-0.15, -0.1) is 0 Å². The topological polar surface area (TPSA) is 81.5 Å². The monoisotopic (exact) mass is 362 g/mol. The molecule has 2 aromatic heterocycles. The van der Waals surface area contributed by atoms with Crippen molar-refractivity contribution in [1.29, 1.82) is 0 Å². The lowest BCUT2D eigenvalue weighted by atomic mass is 10.1. The Bertz CT molecular complexity index is 618. The predicted octanol–water partition coefficient (Wildman–Crippen LogP) is 0.947. The van der Waals surface area contributed by atoms with Crippen LogP contribution >= 0.6 is 0 Å². The molecule has 2 heterocycles. The fourth-order valence-electron chi connectivity index (χ4n) is 3.29. The van der Waals surface area contributed by atoms with E-state index in [0.717, 1.165) is 19.5 Å². The number of aryl methyl sites for hydroxylation is 3. The minimum atomic E-state index is 0.802. The highest BCUT2D eigenvalue weighted by molar-refractivity contribution is 4.92. The van der Waals surface area contributed by atoms with Gasteiger partial charge in [-0.1, -0.05) is 62.9 Å². The molecule has 0 fully saturated rings. The Morgan fingerprint density at radius 1 is 0.885 bits per heavy atom. The van der Waals surface area contributed by atoms with Crippen molar-refractivity contribution < 1.29 is 13.9 Å². The zero-order valence-corrected chi connectivity index (χ0v) is 16.3. The van der Waals surface area contributed by atoms with E-state index in [-0.39, 0.29) is 0 Å². The van der Waals surface area contributed by atoms with Crippen molar-refractivity contribution in [1.82, 2.24) is 9.55 Å². The maximum atomic E-state index is 5.75. The molecule has 0 spiro atoms. The number of hydrogen-bond donors (Lipinski definition) is 2. The molecule has 0 saturated carbocycles. The molecule has 4 N–H and O–H groups in total. The fourth-order valence-corrected chi connectivity index (χ4v) is 3.29. The summed E-state index contributed by atoms with van der Waals surface area (Å²) in [6.45, 7) is 3.93.